The molecular formula is C58H101NO13. The first-order chi connectivity index (χ1) is 35.1. The minimum atomic E-state index is -1.80. The molecule has 1 amide bonds. The number of hydrogen-bond donors (Lipinski definition) is 9. The Morgan fingerprint density at radius 3 is 1.42 bits per heavy atom. The average molecular weight is 1020 g/mol. The summed E-state index contributed by atoms with van der Waals surface area (Å²) in [7, 11) is 0. The van der Waals surface area contributed by atoms with Crippen LogP contribution in [0.3, 0.4) is 0 Å². The van der Waals surface area contributed by atoms with Crippen LogP contribution in [-0.2, 0) is 23.7 Å². The number of hydrogen-bond acceptors (Lipinski definition) is 13. The van der Waals surface area contributed by atoms with Crippen molar-refractivity contribution in [2.75, 3.05) is 19.8 Å². The number of ether oxygens (including phenoxy) is 4. The summed E-state index contributed by atoms with van der Waals surface area (Å²) in [6.07, 6.45) is 39.7. The largest absolute Gasteiger partial charge is 0.394 e. The zero-order chi connectivity index (χ0) is 52.4. The van der Waals surface area contributed by atoms with Crippen LogP contribution in [0.1, 0.15) is 194 Å². The molecule has 2 aliphatic rings. The Balaban J connectivity index is 1.82. The Hall–Kier alpha value is -2.57. The van der Waals surface area contributed by atoms with E-state index in [4.69, 9.17) is 18.9 Å². The third kappa shape index (κ3) is 29.5. The maximum absolute atomic E-state index is 13.1. The highest BCUT2D eigenvalue weighted by molar-refractivity contribution is 5.77. The van der Waals surface area contributed by atoms with E-state index in [1.54, 1.807) is 12.2 Å². The molecule has 2 heterocycles. The average Bonchev–Trinajstić information content (AvgIpc) is 3.38. The molecule has 9 N–H and O–H groups in total. The minimum Gasteiger partial charge on any atom is -0.394 e. The summed E-state index contributed by atoms with van der Waals surface area (Å²) in [5.74, 6) is -0.367. The van der Waals surface area contributed by atoms with E-state index in [-0.39, 0.29) is 18.9 Å². The van der Waals surface area contributed by atoms with Gasteiger partial charge in [-0.1, -0.05) is 215 Å². The van der Waals surface area contributed by atoms with Gasteiger partial charge in [0.2, 0.25) is 5.91 Å². The second-order valence-corrected chi connectivity index (χ2v) is 19.7. The maximum atomic E-state index is 13.1. The van der Waals surface area contributed by atoms with Crippen LogP contribution in [0.5, 0.6) is 0 Å². The first-order valence-corrected chi connectivity index (χ1v) is 28.2. The highest BCUT2D eigenvalue weighted by Gasteiger charge is 2.51. The van der Waals surface area contributed by atoms with Crippen molar-refractivity contribution in [2.24, 2.45) is 0 Å². The van der Waals surface area contributed by atoms with E-state index in [2.05, 4.69) is 61.7 Å². The number of unbranched alkanes of at least 4 members (excludes halogenated alkanes) is 21. The summed E-state index contributed by atoms with van der Waals surface area (Å²) in [5.41, 5.74) is 0. The van der Waals surface area contributed by atoms with E-state index in [9.17, 15) is 45.6 Å². The highest BCUT2D eigenvalue weighted by atomic mass is 16.7. The number of aliphatic hydroxyl groups is 8. The summed E-state index contributed by atoms with van der Waals surface area (Å²) in [4.78, 5) is 13.1. The minimum absolute atomic E-state index is 0.0464. The van der Waals surface area contributed by atoms with Crippen LogP contribution in [0.25, 0.3) is 0 Å². The van der Waals surface area contributed by atoms with Gasteiger partial charge < -0.3 is 65.1 Å². The summed E-state index contributed by atoms with van der Waals surface area (Å²) < 4.78 is 22.7. The molecule has 2 fully saturated rings. The van der Waals surface area contributed by atoms with Crippen molar-refractivity contribution in [3.63, 3.8) is 0 Å². The van der Waals surface area contributed by atoms with E-state index in [1.165, 1.54) is 116 Å². The Morgan fingerprint density at radius 1 is 0.514 bits per heavy atom. The zero-order valence-corrected chi connectivity index (χ0v) is 44.4. The Bertz CT molecular complexity index is 1480. The smallest absolute Gasteiger partial charge is 0.224 e. The van der Waals surface area contributed by atoms with Crippen molar-refractivity contribution in [1.29, 1.82) is 0 Å². The molecule has 0 radical (unpaired) electrons. The SMILES string of the molecule is CC/C=C\C/C=C\C/C=C\C/C=C\C/C=C\CC(=O)NC(COC1OC(CO)C(OC2OC(CO)C(O)C(O)C2O)C(O)C1O)C(O)/C=C/CCCCCCCCCCCCCCCCCCCCCCC. The van der Waals surface area contributed by atoms with Gasteiger partial charge in [-0.3, -0.25) is 4.79 Å². The molecule has 0 aromatic heterocycles. The molecule has 2 aliphatic heterocycles. The molecule has 0 aromatic rings. The van der Waals surface area contributed by atoms with Gasteiger partial charge in [0.1, 0.15) is 48.8 Å². The summed E-state index contributed by atoms with van der Waals surface area (Å²) in [6.45, 7) is 2.61. The standard InChI is InChI=1S/C58H101NO13/c1-3-5-7-9-11-13-15-17-19-20-21-22-23-24-25-26-28-29-31-33-35-37-39-41-47(62)46(59-50(63)42-40-38-36-34-32-30-27-18-16-14-12-10-8-6-4-2)45-69-57-55(68)53(66)56(49(44-61)71-57)72-58-54(67)52(65)51(64)48(43-60)70-58/h6,8,12,14,18,27,32,34,38-41,46-49,51-58,60-62,64-68H,3-5,7,9-11,13,15-17,19-26,28-31,33,35-37,42-45H2,1-2H3,(H,59,63)/b8-6-,14-12-,27-18-,34-32-,40-38-,41-39+. The number of carbonyl (C=O) groups is 1. The van der Waals surface area contributed by atoms with Crippen LogP contribution in [0, 0.1) is 0 Å². The van der Waals surface area contributed by atoms with Gasteiger partial charge >= 0.3 is 0 Å². The summed E-state index contributed by atoms with van der Waals surface area (Å²) >= 11 is 0. The van der Waals surface area contributed by atoms with Crippen molar-refractivity contribution in [1.82, 2.24) is 5.32 Å². The molecule has 14 nitrogen and oxygen atoms in total. The fourth-order valence-corrected chi connectivity index (χ4v) is 8.89. The molecule has 0 bridgehead atoms. The van der Waals surface area contributed by atoms with E-state index in [1.807, 2.05) is 18.2 Å². The molecule has 0 saturated carbocycles. The fourth-order valence-electron chi connectivity index (χ4n) is 8.89. The molecular weight excluding hydrogens is 919 g/mol. The third-order valence-electron chi connectivity index (χ3n) is 13.4. The van der Waals surface area contributed by atoms with Crippen LogP contribution in [0.2, 0.25) is 0 Å². The third-order valence-corrected chi connectivity index (χ3v) is 13.4. The number of nitrogens with one attached hydrogen (secondary N) is 1. The molecule has 72 heavy (non-hydrogen) atoms. The lowest BCUT2D eigenvalue weighted by Crippen LogP contribution is -2.65. The lowest BCUT2D eigenvalue weighted by molar-refractivity contribution is -0.359. The molecule has 2 saturated heterocycles. The topological polar surface area (TPSA) is 228 Å². The lowest BCUT2D eigenvalue weighted by atomic mass is 9.97. The summed E-state index contributed by atoms with van der Waals surface area (Å²) in [6, 6.07) is -0.972. The van der Waals surface area contributed by atoms with E-state index in [0.717, 1.165) is 51.4 Å². The van der Waals surface area contributed by atoms with Crippen molar-refractivity contribution < 1.29 is 64.6 Å². The molecule has 12 unspecified atom stereocenters. The van der Waals surface area contributed by atoms with E-state index >= 15 is 0 Å². The number of rotatable bonds is 43. The molecule has 0 spiro atoms. The molecule has 0 aromatic carbocycles. The zero-order valence-electron chi connectivity index (χ0n) is 44.4. The number of amides is 1. The van der Waals surface area contributed by atoms with Crippen molar-refractivity contribution >= 4 is 5.91 Å². The Morgan fingerprint density at radius 2 is 0.944 bits per heavy atom. The van der Waals surface area contributed by atoms with Crippen molar-refractivity contribution in [2.45, 2.75) is 267 Å². The van der Waals surface area contributed by atoms with E-state index in [0.29, 0.717) is 6.42 Å². The second-order valence-electron chi connectivity index (χ2n) is 19.7. The predicted molar refractivity (Wildman–Crippen MR) is 286 cm³/mol. The first-order valence-electron chi connectivity index (χ1n) is 28.2. The van der Waals surface area contributed by atoms with Crippen LogP contribution >= 0.6 is 0 Å². The van der Waals surface area contributed by atoms with Gasteiger partial charge in [-0.2, -0.15) is 0 Å². The Labute approximate surface area is 434 Å². The van der Waals surface area contributed by atoms with E-state index < -0.39 is 86.8 Å². The normalized spacial score (nSPS) is 26.1. The van der Waals surface area contributed by atoms with Gasteiger partial charge in [0.15, 0.2) is 12.6 Å². The Kier molecular flexibility index (Phi) is 39.7. The number of carbonyl (C=O) groups excluding carboxylic acids is 1. The van der Waals surface area contributed by atoms with Crippen molar-refractivity contribution in [3.8, 4) is 0 Å². The lowest BCUT2D eigenvalue weighted by Gasteiger charge is -2.46. The summed E-state index contributed by atoms with van der Waals surface area (Å²) in [5, 5.41) is 86.8. The van der Waals surface area contributed by atoms with Gasteiger partial charge in [0.25, 0.3) is 0 Å². The molecule has 12 atom stereocenters. The monoisotopic (exact) mass is 1020 g/mol. The maximum Gasteiger partial charge on any atom is 0.224 e. The van der Waals surface area contributed by atoms with Gasteiger partial charge in [-0.05, 0) is 44.9 Å². The molecule has 2 rings (SSSR count). The number of allylic oxidation sites excluding steroid dienone is 10. The molecule has 416 valence electrons. The van der Waals surface area contributed by atoms with Gasteiger partial charge in [0, 0.05) is 6.42 Å². The van der Waals surface area contributed by atoms with Gasteiger partial charge in [-0.15, -0.1) is 0 Å². The number of aliphatic hydroxyl groups excluding tert-OH is 8. The fraction of sp³-hybridized carbons (Fsp3) is 0.776. The highest BCUT2D eigenvalue weighted by Crippen LogP contribution is 2.30. The quantitative estimate of drug-likeness (QED) is 0.0206. The van der Waals surface area contributed by atoms with Crippen LogP contribution in [0.15, 0.2) is 72.9 Å². The van der Waals surface area contributed by atoms with Crippen LogP contribution in [-0.4, -0.2) is 140 Å². The molecule has 0 aliphatic carbocycles. The van der Waals surface area contributed by atoms with Crippen molar-refractivity contribution in [3.05, 3.63) is 72.9 Å². The first kappa shape index (κ1) is 65.5. The molecule has 14 heteroatoms. The van der Waals surface area contributed by atoms with Gasteiger partial charge in [0.05, 0.1) is 32.0 Å². The second kappa shape index (κ2) is 43.6. The van der Waals surface area contributed by atoms with Gasteiger partial charge in [-0.25, -0.2) is 0 Å². The predicted octanol–water partition coefficient (Wildman–Crippen LogP) is 8.77. The van der Waals surface area contributed by atoms with Crippen LogP contribution in [0.4, 0.5) is 0 Å². The van der Waals surface area contributed by atoms with Crippen LogP contribution < -0.4 is 5.32 Å².